The van der Waals surface area contributed by atoms with E-state index in [-0.39, 0.29) is 5.41 Å². The summed E-state index contributed by atoms with van der Waals surface area (Å²) in [5.74, 6) is 0.855. The predicted molar refractivity (Wildman–Crippen MR) is 72.1 cm³/mol. The van der Waals surface area contributed by atoms with Crippen LogP contribution in [0, 0.1) is 16.7 Å². The Hall–Kier alpha value is -1.14. The molecule has 0 aliphatic rings. The Morgan fingerprint density at radius 1 is 1.31 bits per heavy atom. The Morgan fingerprint density at radius 2 is 1.88 bits per heavy atom. The van der Waals surface area contributed by atoms with Gasteiger partial charge >= 0.3 is 0 Å². The van der Waals surface area contributed by atoms with Crippen molar-refractivity contribution in [3.63, 3.8) is 0 Å². The number of nitriles is 1. The Bertz CT molecular complexity index is 376. The van der Waals surface area contributed by atoms with E-state index >= 15 is 0 Å². The zero-order chi connectivity index (χ0) is 12.2. The molecule has 3 heteroatoms. The van der Waals surface area contributed by atoms with Gasteiger partial charge in [0.25, 0.3) is 0 Å². The lowest BCUT2D eigenvalue weighted by Crippen LogP contribution is -2.32. The monoisotopic (exact) mass is 234 g/mol. The minimum absolute atomic E-state index is 0.186. The van der Waals surface area contributed by atoms with E-state index in [9.17, 15) is 0 Å². The molecule has 0 saturated carbocycles. The zero-order valence-electron chi connectivity index (χ0n) is 10.1. The lowest BCUT2D eigenvalue weighted by molar-refractivity contribution is 0.430. The maximum Gasteiger partial charge on any atom is 0.0991 e. The van der Waals surface area contributed by atoms with Gasteiger partial charge in [0.15, 0.2) is 0 Å². The lowest BCUT2D eigenvalue weighted by atomic mass is 9.95. The summed E-state index contributed by atoms with van der Waals surface area (Å²) in [6.07, 6.45) is 0. The summed E-state index contributed by atoms with van der Waals surface area (Å²) in [7, 11) is 2.06. The van der Waals surface area contributed by atoms with Crippen LogP contribution in [0.15, 0.2) is 24.3 Å². The average Bonchev–Trinajstić information content (AvgIpc) is 2.28. The Balaban J connectivity index is 2.74. The SMILES string of the molecule is CN(CC(C)(C)CS)c1ccc(C#N)cc1. The fraction of sp³-hybridized carbons (Fsp3) is 0.462. The molecule has 0 heterocycles. The molecular formula is C13H18N2S. The summed E-state index contributed by atoms with van der Waals surface area (Å²) >= 11 is 4.35. The van der Waals surface area contributed by atoms with Crippen molar-refractivity contribution >= 4 is 18.3 Å². The van der Waals surface area contributed by atoms with Crippen LogP contribution in [-0.2, 0) is 0 Å². The molecule has 0 unspecified atom stereocenters. The second kappa shape index (κ2) is 5.27. The third-order valence-electron chi connectivity index (χ3n) is 2.53. The number of hydrogen-bond acceptors (Lipinski definition) is 3. The Morgan fingerprint density at radius 3 is 2.31 bits per heavy atom. The highest BCUT2D eigenvalue weighted by molar-refractivity contribution is 7.80. The van der Waals surface area contributed by atoms with Crippen molar-refractivity contribution in [2.24, 2.45) is 5.41 Å². The minimum Gasteiger partial charge on any atom is -0.374 e. The van der Waals surface area contributed by atoms with Crippen LogP contribution >= 0.6 is 12.6 Å². The molecule has 86 valence electrons. The van der Waals surface area contributed by atoms with E-state index in [0.29, 0.717) is 5.56 Å². The molecule has 1 aromatic carbocycles. The Labute approximate surface area is 103 Å². The van der Waals surface area contributed by atoms with Crippen molar-refractivity contribution < 1.29 is 0 Å². The molecule has 0 radical (unpaired) electrons. The van der Waals surface area contributed by atoms with Gasteiger partial charge in [-0.15, -0.1) is 0 Å². The second-order valence-electron chi connectivity index (χ2n) is 4.84. The third kappa shape index (κ3) is 3.46. The summed E-state index contributed by atoms with van der Waals surface area (Å²) < 4.78 is 0. The summed E-state index contributed by atoms with van der Waals surface area (Å²) in [6, 6.07) is 9.77. The smallest absolute Gasteiger partial charge is 0.0991 e. The highest BCUT2D eigenvalue weighted by atomic mass is 32.1. The van der Waals surface area contributed by atoms with Crippen molar-refractivity contribution in [1.29, 1.82) is 5.26 Å². The minimum atomic E-state index is 0.186. The van der Waals surface area contributed by atoms with Crippen molar-refractivity contribution in [3.05, 3.63) is 29.8 Å². The zero-order valence-corrected chi connectivity index (χ0v) is 11.0. The van der Waals surface area contributed by atoms with Gasteiger partial charge in [-0.05, 0) is 35.4 Å². The van der Waals surface area contributed by atoms with Crippen LogP contribution in [0.25, 0.3) is 0 Å². The van der Waals surface area contributed by atoms with Crippen LogP contribution in [0.3, 0.4) is 0 Å². The molecule has 0 aliphatic heterocycles. The molecule has 0 N–H and O–H groups in total. The van der Waals surface area contributed by atoms with Gasteiger partial charge in [-0.3, -0.25) is 0 Å². The highest BCUT2D eigenvalue weighted by Crippen LogP contribution is 2.22. The molecule has 2 nitrogen and oxygen atoms in total. The van der Waals surface area contributed by atoms with Gasteiger partial charge in [0, 0.05) is 19.3 Å². The van der Waals surface area contributed by atoms with E-state index in [1.165, 1.54) is 0 Å². The molecule has 0 spiro atoms. The summed E-state index contributed by atoms with van der Waals surface area (Å²) in [6.45, 7) is 5.34. The van der Waals surface area contributed by atoms with E-state index in [1.54, 1.807) is 0 Å². The van der Waals surface area contributed by atoms with E-state index in [1.807, 2.05) is 24.3 Å². The predicted octanol–water partition coefficient (Wildman–Crippen LogP) is 2.95. The molecule has 0 bridgehead atoms. The highest BCUT2D eigenvalue weighted by Gasteiger charge is 2.18. The van der Waals surface area contributed by atoms with Gasteiger partial charge in [-0.25, -0.2) is 0 Å². The van der Waals surface area contributed by atoms with Gasteiger partial charge in [-0.2, -0.15) is 17.9 Å². The topological polar surface area (TPSA) is 27.0 Å². The standard InChI is InChI=1S/C13H18N2S/c1-13(2,10-16)9-15(3)12-6-4-11(8-14)5-7-12/h4-7,16H,9-10H2,1-3H3. The molecule has 0 amide bonds. The normalized spacial score (nSPS) is 10.9. The quantitative estimate of drug-likeness (QED) is 0.811. The second-order valence-corrected chi connectivity index (χ2v) is 5.15. The molecule has 0 aromatic heterocycles. The average molecular weight is 234 g/mol. The number of hydrogen-bond donors (Lipinski definition) is 1. The first-order valence-electron chi connectivity index (χ1n) is 5.31. The molecule has 16 heavy (non-hydrogen) atoms. The number of rotatable bonds is 4. The van der Waals surface area contributed by atoms with Crippen molar-refractivity contribution in [1.82, 2.24) is 0 Å². The number of benzene rings is 1. The molecule has 0 saturated heterocycles. The molecule has 1 aromatic rings. The maximum atomic E-state index is 8.72. The van der Waals surface area contributed by atoms with E-state index < -0.39 is 0 Å². The first kappa shape index (κ1) is 12.9. The summed E-state index contributed by atoms with van der Waals surface area (Å²) in [4.78, 5) is 2.19. The van der Waals surface area contributed by atoms with Crippen molar-refractivity contribution in [3.8, 4) is 6.07 Å². The molecule has 0 aliphatic carbocycles. The van der Waals surface area contributed by atoms with Gasteiger partial charge < -0.3 is 4.90 Å². The molecule has 0 atom stereocenters. The van der Waals surface area contributed by atoms with Gasteiger partial charge in [-0.1, -0.05) is 13.8 Å². The fourth-order valence-corrected chi connectivity index (χ4v) is 1.67. The van der Waals surface area contributed by atoms with Crippen molar-refractivity contribution in [2.75, 3.05) is 24.2 Å². The maximum absolute atomic E-state index is 8.72. The van der Waals surface area contributed by atoms with Crippen LogP contribution < -0.4 is 4.90 Å². The molecule has 0 fully saturated rings. The molecule has 1 rings (SSSR count). The van der Waals surface area contributed by atoms with Gasteiger partial charge in [0.1, 0.15) is 0 Å². The first-order chi connectivity index (χ1) is 7.48. The lowest BCUT2D eigenvalue weighted by Gasteiger charge is -2.30. The van der Waals surface area contributed by atoms with Crippen LogP contribution in [0.4, 0.5) is 5.69 Å². The van der Waals surface area contributed by atoms with Crippen LogP contribution in [0.5, 0.6) is 0 Å². The third-order valence-corrected chi connectivity index (χ3v) is 3.39. The van der Waals surface area contributed by atoms with E-state index in [4.69, 9.17) is 5.26 Å². The fourth-order valence-electron chi connectivity index (χ4n) is 1.57. The van der Waals surface area contributed by atoms with Crippen LogP contribution in [-0.4, -0.2) is 19.3 Å². The number of thiol groups is 1. The Kier molecular flexibility index (Phi) is 4.26. The summed E-state index contributed by atoms with van der Waals surface area (Å²) in [5.41, 5.74) is 2.02. The van der Waals surface area contributed by atoms with E-state index in [0.717, 1.165) is 18.0 Å². The summed E-state index contributed by atoms with van der Waals surface area (Å²) in [5, 5.41) is 8.72. The van der Waals surface area contributed by atoms with Crippen LogP contribution in [0.1, 0.15) is 19.4 Å². The van der Waals surface area contributed by atoms with Gasteiger partial charge in [0.2, 0.25) is 0 Å². The van der Waals surface area contributed by atoms with Gasteiger partial charge in [0.05, 0.1) is 11.6 Å². The van der Waals surface area contributed by atoms with Crippen molar-refractivity contribution in [2.45, 2.75) is 13.8 Å². The largest absolute Gasteiger partial charge is 0.374 e. The molecular weight excluding hydrogens is 216 g/mol. The number of nitrogens with zero attached hydrogens (tertiary/aromatic N) is 2. The van der Waals surface area contributed by atoms with E-state index in [2.05, 4.69) is 44.5 Å². The van der Waals surface area contributed by atoms with Crippen LogP contribution in [0.2, 0.25) is 0 Å². The number of anilines is 1. The first-order valence-corrected chi connectivity index (χ1v) is 5.94.